The van der Waals surface area contributed by atoms with Crippen LogP contribution in [0.4, 0.5) is 0 Å². The molecule has 158 valence electrons. The molecule has 0 aromatic rings. The summed E-state index contributed by atoms with van der Waals surface area (Å²) < 4.78 is 15.6. The second-order valence-corrected chi connectivity index (χ2v) is 8.98. The second kappa shape index (κ2) is 10.6. The predicted molar refractivity (Wildman–Crippen MR) is 103 cm³/mol. The fourth-order valence-corrected chi connectivity index (χ4v) is 2.50. The van der Waals surface area contributed by atoms with Crippen molar-refractivity contribution in [3.8, 4) is 0 Å². The molecular weight excluding hydrogens is 350 g/mol. The Balaban J connectivity index is 4.75. The van der Waals surface area contributed by atoms with Crippen molar-refractivity contribution >= 4 is 17.9 Å². The zero-order valence-corrected chi connectivity index (χ0v) is 18.0. The number of hydrogen-bond acceptors (Lipinski definition) is 7. The van der Waals surface area contributed by atoms with Gasteiger partial charge in [-0.05, 0) is 67.2 Å². The van der Waals surface area contributed by atoms with Crippen molar-refractivity contribution in [2.75, 3.05) is 6.61 Å². The molecule has 0 aliphatic carbocycles. The fraction of sp³-hybridized carbons (Fsp3) is 0.850. The lowest BCUT2D eigenvalue weighted by Crippen LogP contribution is -2.42. The van der Waals surface area contributed by atoms with Crippen LogP contribution < -0.4 is 5.73 Å². The summed E-state index contributed by atoms with van der Waals surface area (Å²) in [4.78, 5) is 34.9. The quantitative estimate of drug-likeness (QED) is 0.348. The van der Waals surface area contributed by atoms with E-state index in [0.717, 1.165) is 0 Å². The van der Waals surface area contributed by atoms with Gasteiger partial charge in [0.1, 0.15) is 11.2 Å². The van der Waals surface area contributed by atoms with Crippen LogP contribution in [0.3, 0.4) is 0 Å². The normalized spacial score (nSPS) is 12.4. The van der Waals surface area contributed by atoms with Crippen molar-refractivity contribution in [1.29, 1.82) is 0 Å². The average Bonchev–Trinajstić information content (AvgIpc) is 2.44. The van der Waals surface area contributed by atoms with Crippen molar-refractivity contribution in [1.82, 2.24) is 0 Å². The monoisotopic (exact) mass is 387 g/mol. The summed E-state index contributed by atoms with van der Waals surface area (Å²) in [5, 5.41) is 0. The number of hydrogen-bond donors (Lipinski definition) is 1. The molecule has 0 atom stereocenters. The summed E-state index contributed by atoms with van der Waals surface area (Å²) in [6.45, 7) is 12.5. The highest BCUT2D eigenvalue weighted by Crippen LogP contribution is 2.25. The molecule has 7 nitrogen and oxygen atoms in total. The number of rotatable bonds is 10. The Bertz CT molecular complexity index is 470. The van der Waals surface area contributed by atoms with Crippen LogP contribution in [0, 0.1) is 0 Å². The van der Waals surface area contributed by atoms with E-state index in [9.17, 15) is 14.4 Å². The van der Waals surface area contributed by atoms with E-state index in [4.69, 9.17) is 19.9 Å². The van der Waals surface area contributed by atoms with E-state index in [2.05, 4.69) is 0 Å². The van der Waals surface area contributed by atoms with Gasteiger partial charge in [-0.1, -0.05) is 0 Å². The Morgan fingerprint density at radius 2 is 1.19 bits per heavy atom. The van der Waals surface area contributed by atoms with Gasteiger partial charge >= 0.3 is 17.9 Å². The third-order valence-corrected chi connectivity index (χ3v) is 3.62. The highest BCUT2D eigenvalue weighted by molar-refractivity contribution is 5.70. The summed E-state index contributed by atoms with van der Waals surface area (Å²) in [7, 11) is 0. The Morgan fingerprint density at radius 3 is 1.52 bits per heavy atom. The zero-order valence-electron chi connectivity index (χ0n) is 18.0. The summed E-state index contributed by atoms with van der Waals surface area (Å²) in [5.41, 5.74) is 4.63. The minimum Gasteiger partial charge on any atom is -0.466 e. The minimum absolute atomic E-state index is 0.162. The van der Waals surface area contributed by atoms with Crippen molar-refractivity contribution in [3.63, 3.8) is 0 Å². The maximum absolute atomic E-state index is 12.0. The van der Waals surface area contributed by atoms with Gasteiger partial charge in [0.2, 0.25) is 0 Å². The first-order valence-electron chi connectivity index (χ1n) is 9.48. The first-order chi connectivity index (χ1) is 12.1. The molecule has 0 aromatic carbocycles. The number of ether oxygens (including phenoxy) is 3. The van der Waals surface area contributed by atoms with Gasteiger partial charge in [-0.25, -0.2) is 0 Å². The SMILES string of the molecule is CC(=O)OCCCC(N)(CCC(=O)OC(C)(C)C)CCC(=O)OC(C)(C)C. The lowest BCUT2D eigenvalue weighted by Gasteiger charge is -2.30. The topological polar surface area (TPSA) is 105 Å². The van der Waals surface area contributed by atoms with Crippen molar-refractivity contribution < 1.29 is 28.6 Å². The van der Waals surface area contributed by atoms with Gasteiger partial charge in [0.25, 0.3) is 0 Å². The standard InChI is InChI=1S/C20H37NO6/c1-15(22)25-14-8-11-20(21,12-9-16(23)26-18(2,3)4)13-10-17(24)27-19(5,6)7/h8-14,21H2,1-7H3. The van der Waals surface area contributed by atoms with Crippen molar-refractivity contribution in [2.45, 2.75) is 104 Å². The molecule has 0 aliphatic heterocycles. The van der Waals surface area contributed by atoms with E-state index in [-0.39, 0.29) is 37.4 Å². The van der Waals surface area contributed by atoms with Crippen molar-refractivity contribution in [3.05, 3.63) is 0 Å². The largest absolute Gasteiger partial charge is 0.466 e. The van der Waals surface area contributed by atoms with Gasteiger partial charge in [0.05, 0.1) is 6.61 Å². The molecule has 0 unspecified atom stereocenters. The average molecular weight is 388 g/mol. The zero-order chi connectivity index (χ0) is 21.3. The summed E-state index contributed by atoms with van der Waals surface area (Å²) in [6.07, 6.45) is 2.16. The van der Waals surface area contributed by atoms with Crippen LogP contribution in [0.1, 0.15) is 87.0 Å². The van der Waals surface area contributed by atoms with E-state index in [1.807, 2.05) is 41.5 Å². The van der Waals surface area contributed by atoms with Gasteiger partial charge in [-0.3, -0.25) is 14.4 Å². The molecule has 0 bridgehead atoms. The van der Waals surface area contributed by atoms with Crippen LogP contribution in [0.15, 0.2) is 0 Å². The lowest BCUT2D eigenvalue weighted by molar-refractivity contribution is -0.155. The van der Waals surface area contributed by atoms with Crippen LogP contribution in [-0.2, 0) is 28.6 Å². The Hall–Kier alpha value is -1.63. The summed E-state index contributed by atoms with van der Waals surface area (Å²) in [6, 6.07) is 0. The van der Waals surface area contributed by atoms with Crippen LogP contribution >= 0.6 is 0 Å². The highest BCUT2D eigenvalue weighted by atomic mass is 16.6. The minimum atomic E-state index is -0.742. The predicted octanol–water partition coefficient (Wildman–Crippen LogP) is 3.27. The number of carbonyl (C=O) groups excluding carboxylic acids is 3. The fourth-order valence-electron chi connectivity index (χ4n) is 2.50. The van der Waals surface area contributed by atoms with E-state index in [1.54, 1.807) is 0 Å². The van der Waals surface area contributed by atoms with Crippen LogP contribution in [0.5, 0.6) is 0 Å². The third kappa shape index (κ3) is 15.2. The Labute approximate surface area is 163 Å². The van der Waals surface area contributed by atoms with E-state index < -0.39 is 16.7 Å². The molecule has 7 heteroatoms. The van der Waals surface area contributed by atoms with E-state index in [0.29, 0.717) is 25.7 Å². The molecule has 0 aliphatic rings. The van der Waals surface area contributed by atoms with Gasteiger partial charge in [0.15, 0.2) is 0 Å². The lowest BCUT2D eigenvalue weighted by atomic mass is 9.85. The van der Waals surface area contributed by atoms with Crippen LogP contribution in [0.25, 0.3) is 0 Å². The summed E-state index contributed by atoms with van der Waals surface area (Å²) in [5.74, 6) is -0.996. The molecule has 0 spiro atoms. The first kappa shape index (κ1) is 25.4. The molecule has 2 N–H and O–H groups in total. The van der Waals surface area contributed by atoms with Gasteiger partial charge < -0.3 is 19.9 Å². The Morgan fingerprint density at radius 1 is 0.778 bits per heavy atom. The Kier molecular flexibility index (Phi) is 10.00. The van der Waals surface area contributed by atoms with Crippen molar-refractivity contribution in [2.24, 2.45) is 5.73 Å². The molecule has 0 saturated heterocycles. The third-order valence-electron chi connectivity index (χ3n) is 3.62. The molecule has 0 aromatic heterocycles. The van der Waals surface area contributed by atoms with E-state index in [1.165, 1.54) is 6.92 Å². The molecule has 0 saturated carbocycles. The molecule has 0 rings (SSSR count). The van der Waals surface area contributed by atoms with Gasteiger partial charge in [0, 0.05) is 25.3 Å². The second-order valence-electron chi connectivity index (χ2n) is 8.98. The molecule has 0 amide bonds. The molecule has 0 fully saturated rings. The molecular formula is C20H37NO6. The molecule has 27 heavy (non-hydrogen) atoms. The van der Waals surface area contributed by atoms with Crippen LogP contribution in [0.2, 0.25) is 0 Å². The number of esters is 3. The number of nitrogens with two attached hydrogens (primary N) is 1. The summed E-state index contributed by atoms with van der Waals surface area (Å²) >= 11 is 0. The maximum Gasteiger partial charge on any atom is 0.306 e. The number of carbonyl (C=O) groups is 3. The molecule has 0 radical (unpaired) electrons. The van der Waals surface area contributed by atoms with E-state index >= 15 is 0 Å². The maximum atomic E-state index is 12.0. The van der Waals surface area contributed by atoms with Gasteiger partial charge in [-0.15, -0.1) is 0 Å². The van der Waals surface area contributed by atoms with Crippen LogP contribution in [-0.4, -0.2) is 41.3 Å². The first-order valence-corrected chi connectivity index (χ1v) is 9.48. The van der Waals surface area contributed by atoms with Gasteiger partial charge in [-0.2, -0.15) is 0 Å². The molecule has 0 heterocycles. The smallest absolute Gasteiger partial charge is 0.306 e. The highest BCUT2D eigenvalue weighted by Gasteiger charge is 2.29.